The van der Waals surface area contributed by atoms with Crippen molar-refractivity contribution in [2.24, 2.45) is 0 Å². The highest BCUT2D eigenvalue weighted by Crippen LogP contribution is 2.27. The van der Waals surface area contributed by atoms with Crippen molar-refractivity contribution in [3.63, 3.8) is 0 Å². The maximum Gasteiger partial charge on any atom is 0.0977 e. The van der Waals surface area contributed by atoms with Gasteiger partial charge in [0.1, 0.15) is 0 Å². The standard InChI is InChI=1S/C15H14BrCl2NO/c1-9-6-11(3-4-13(9)16)19-8-15(20)12-7-10(17)2-5-14(12)18/h2-7,15,19-20H,8H2,1H3. The first-order valence-electron chi connectivity index (χ1n) is 6.10. The van der Waals surface area contributed by atoms with Crippen LogP contribution in [0.1, 0.15) is 17.2 Å². The van der Waals surface area contributed by atoms with Gasteiger partial charge in [0, 0.05) is 32.3 Å². The van der Waals surface area contributed by atoms with Crippen molar-refractivity contribution in [3.05, 3.63) is 62.0 Å². The number of aliphatic hydroxyl groups excluding tert-OH is 1. The number of aryl methyl sites for hydroxylation is 1. The highest BCUT2D eigenvalue weighted by molar-refractivity contribution is 9.10. The summed E-state index contributed by atoms with van der Waals surface area (Å²) < 4.78 is 1.06. The molecule has 106 valence electrons. The first kappa shape index (κ1) is 15.6. The van der Waals surface area contributed by atoms with Gasteiger partial charge in [-0.15, -0.1) is 0 Å². The molecule has 0 aliphatic carbocycles. The molecule has 2 aromatic rings. The van der Waals surface area contributed by atoms with Gasteiger partial charge in [-0.25, -0.2) is 0 Å². The fourth-order valence-electron chi connectivity index (χ4n) is 1.85. The minimum absolute atomic E-state index is 0.362. The van der Waals surface area contributed by atoms with E-state index in [9.17, 15) is 5.11 Å². The number of nitrogens with one attached hydrogen (secondary N) is 1. The highest BCUT2D eigenvalue weighted by atomic mass is 79.9. The summed E-state index contributed by atoms with van der Waals surface area (Å²) in [7, 11) is 0. The lowest BCUT2D eigenvalue weighted by Gasteiger charge is -2.15. The van der Waals surface area contributed by atoms with Crippen LogP contribution in [0.2, 0.25) is 10.0 Å². The van der Waals surface area contributed by atoms with Gasteiger partial charge < -0.3 is 10.4 Å². The molecule has 5 heteroatoms. The van der Waals surface area contributed by atoms with Crippen molar-refractivity contribution in [2.75, 3.05) is 11.9 Å². The van der Waals surface area contributed by atoms with E-state index in [0.717, 1.165) is 15.7 Å². The molecule has 0 spiro atoms. The molecule has 0 saturated heterocycles. The topological polar surface area (TPSA) is 32.3 Å². The predicted octanol–water partition coefficient (Wildman–Crippen LogP) is 5.21. The van der Waals surface area contributed by atoms with Crippen molar-refractivity contribution >= 4 is 44.8 Å². The molecule has 1 atom stereocenters. The third-order valence-corrected chi connectivity index (χ3v) is 4.44. The number of rotatable bonds is 4. The van der Waals surface area contributed by atoms with E-state index in [4.69, 9.17) is 23.2 Å². The Hall–Kier alpha value is -0.740. The minimum Gasteiger partial charge on any atom is -0.387 e. The summed E-state index contributed by atoms with van der Waals surface area (Å²) in [6, 6.07) is 11.0. The maximum absolute atomic E-state index is 10.2. The zero-order valence-electron chi connectivity index (χ0n) is 10.8. The van der Waals surface area contributed by atoms with E-state index in [1.807, 2.05) is 25.1 Å². The Morgan fingerprint density at radius 2 is 1.95 bits per heavy atom. The Bertz CT molecular complexity index is 619. The van der Waals surface area contributed by atoms with Crippen LogP contribution in [0.4, 0.5) is 5.69 Å². The SMILES string of the molecule is Cc1cc(NCC(O)c2cc(Cl)ccc2Cl)ccc1Br. The van der Waals surface area contributed by atoms with Gasteiger partial charge in [0.15, 0.2) is 0 Å². The van der Waals surface area contributed by atoms with Gasteiger partial charge in [0.05, 0.1) is 6.10 Å². The van der Waals surface area contributed by atoms with Gasteiger partial charge in [-0.2, -0.15) is 0 Å². The van der Waals surface area contributed by atoms with Crippen LogP contribution in [-0.4, -0.2) is 11.7 Å². The molecular weight excluding hydrogens is 361 g/mol. The highest BCUT2D eigenvalue weighted by Gasteiger charge is 2.12. The van der Waals surface area contributed by atoms with Crippen LogP contribution in [0.15, 0.2) is 40.9 Å². The summed E-state index contributed by atoms with van der Waals surface area (Å²) in [4.78, 5) is 0. The van der Waals surface area contributed by atoms with Crippen molar-refractivity contribution in [1.29, 1.82) is 0 Å². The number of benzene rings is 2. The zero-order chi connectivity index (χ0) is 14.7. The Kier molecular flexibility index (Phi) is 5.33. The lowest BCUT2D eigenvalue weighted by Crippen LogP contribution is -2.12. The quantitative estimate of drug-likeness (QED) is 0.769. The Labute approximate surface area is 136 Å². The lowest BCUT2D eigenvalue weighted by molar-refractivity contribution is 0.192. The molecule has 0 aliphatic heterocycles. The molecule has 2 nitrogen and oxygen atoms in total. The molecule has 0 fully saturated rings. The Balaban J connectivity index is 2.06. The normalized spacial score (nSPS) is 12.2. The van der Waals surface area contributed by atoms with E-state index in [0.29, 0.717) is 22.2 Å². The number of anilines is 1. The average molecular weight is 375 g/mol. The van der Waals surface area contributed by atoms with Gasteiger partial charge in [-0.3, -0.25) is 0 Å². The minimum atomic E-state index is -0.717. The fraction of sp³-hybridized carbons (Fsp3) is 0.200. The fourth-order valence-corrected chi connectivity index (χ4v) is 2.52. The van der Waals surface area contributed by atoms with Crippen molar-refractivity contribution in [2.45, 2.75) is 13.0 Å². The molecule has 20 heavy (non-hydrogen) atoms. The van der Waals surface area contributed by atoms with E-state index in [1.165, 1.54) is 0 Å². The molecule has 2 N–H and O–H groups in total. The number of halogens is 3. The van der Waals surface area contributed by atoms with Crippen molar-refractivity contribution in [3.8, 4) is 0 Å². The Morgan fingerprint density at radius 3 is 2.65 bits per heavy atom. The summed E-state index contributed by atoms with van der Waals surface area (Å²) in [6.07, 6.45) is -0.717. The molecule has 0 aromatic heterocycles. The molecule has 1 unspecified atom stereocenters. The second-order valence-corrected chi connectivity index (χ2v) is 6.22. The zero-order valence-corrected chi connectivity index (χ0v) is 13.9. The molecule has 0 heterocycles. The third kappa shape index (κ3) is 3.89. The van der Waals surface area contributed by atoms with Crippen LogP contribution in [0.3, 0.4) is 0 Å². The van der Waals surface area contributed by atoms with Crippen LogP contribution in [0.5, 0.6) is 0 Å². The van der Waals surface area contributed by atoms with E-state index < -0.39 is 6.10 Å². The van der Waals surface area contributed by atoms with E-state index in [-0.39, 0.29) is 0 Å². The van der Waals surface area contributed by atoms with Gasteiger partial charge in [0.2, 0.25) is 0 Å². The van der Waals surface area contributed by atoms with Gasteiger partial charge >= 0.3 is 0 Å². The third-order valence-electron chi connectivity index (χ3n) is 2.97. The maximum atomic E-state index is 10.2. The Morgan fingerprint density at radius 1 is 1.20 bits per heavy atom. The molecular formula is C15H14BrCl2NO. The molecule has 2 aromatic carbocycles. The van der Waals surface area contributed by atoms with E-state index in [2.05, 4.69) is 21.2 Å². The largest absolute Gasteiger partial charge is 0.387 e. The summed E-state index contributed by atoms with van der Waals surface area (Å²) in [5, 5.41) is 14.4. The smallest absolute Gasteiger partial charge is 0.0977 e. The molecule has 0 saturated carbocycles. The average Bonchev–Trinajstić information content (AvgIpc) is 2.42. The van der Waals surface area contributed by atoms with E-state index >= 15 is 0 Å². The second kappa shape index (κ2) is 6.81. The number of aliphatic hydroxyl groups is 1. The summed E-state index contributed by atoms with van der Waals surface area (Å²) in [5.41, 5.74) is 2.70. The predicted molar refractivity (Wildman–Crippen MR) is 88.8 cm³/mol. The lowest BCUT2D eigenvalue weighted by atomic mass is 10.1. The van der Waals surface area contributed by atoms with Crippen LogP contribution >= 0.6 is 39.1 Å². The van der Waals surface area contributed by atoms with Crippen LogP contribution in [0.25, 0.3) is 0 Å². The molecule has 0 radical (unpaired) electrons. The second-order valence-electron chi connectivity index (χ2n) is 4.53. The van der Waals surface area contributed by atoms with E-state index in [1.54, 1.807) is 18.2 Å². The number of hydrogen-bond acceptors (Lipinski definition) is 2. The van der Waals surface area contributed by atoms with Gasteiger partial charge in [-0.1, -0.05) is 39.1 Å². The first-order chi connectivity index (χ1) is 9.47. The van der Waals surface area contributed by atoms with Gasteiger partial charge in [0.25, 0.3) is 0 Å². The van der Waals surface area contributed by atoms with Gasteiger partial charge in [-0.05, 0) is 48.9 Å². The van der Waals surface area contributed by atoms with Crippen LogP contribution in [-0.2, 0) is 0 Å². The van der Waals surface area contributed by atoms with Crippen molar-refractivity contribution in [1.82, 2.24) is 0 Å². The van der Waals surface area contributed by atoms with Crippen LogP contribution < -0.4 is 5.32 Å². The summed E-state index contributed by atoms with van der Waals surface area (Å²) in [6.45, 7) is 2.38. The molecule has 0 amide bonds. The molecule has 2 rings (SSSR count). The number of hydrogen-bond donors (Lipinski definition) is 2. The summed E-state index contributed by atoms with van der Waals surface area (Å²) >= 11 is 15.4. The van der Waals surface area contributed by atoms with Crippen LogP contribution in [0, 0.1) is 6.92 Å². The molecule has 0 aliphatic rings. The summed E-state index contributed by atoms with van der Waals surface area (Å²) in [5.74, 6) is 0. The molecule has 0 bridgehead atoms. The first-order valence-corrected chi connectivity index (χ1v) is 7.65. The monoisotopic (exact) mass is 373 g/mol. The van der Waals surface area contributed by atoms with Crippen molar-refractivity contribution < 1.29 is 5.11 Å².